The molecule has 0 saturated carbocycles. The number of nitrogens with zero attached hydrogens (tertiary/aromatic N) is 1. The summed E-state index contributed by atoms with van der Waals surface area (Å²) in [6.45, 7) is 2.09. The Kier molecular flexibility index (Phi) is 6.72. The second kappa shape index (κ2) is 8.31. The van der Waals surface area contributed by atoms with Crippen LogP contribution in [0.15, 0.2) is 24.3 Å². The number of carbonyl (C=O) groups excluding carboxylic acids is 2. The van der Waals surface area contributed by atoms with E-state index in [1.807, 2.05) is 6.92 Å². The van der Waals surface area contributed by atoms with Gasteiger partial charge in [0.1, 0.15) is 0 Å². The van der Waals surface area contributed by atoms with Gasteiger partial charge < -0.3 is 5.32 Å². The quantitative estimate of drug-likeness (QED) is 0.613. The van der Waals surface area contributed by atoms with Crippen molar-refractivity contribution >= 4 is 22.8 Å². The minimum atomic E-state index is -0.500. The average Bonchev–Trinajstić information content (AvgIpc) is 2.43. The van der Waals surface area contributed by atoms with E-state index < -0.39 is 4.92 Å². The Hall–Kier alpha value is -1.89. The largest absolute Gasteiger partial charge is 0.352 e. The Balaban J connectivity index is 2.43. The molecular formula is C13H16N2O4S. The van der Waals surface area contributed by atoms with Crippen LogP contribution in [0.5, 0.6) is 0 Å². The minimum Gasteiger partial charge on any atom is -0.352 e. The molecule has 1 rings (SSSR count). The highest BCUT2D eigenvalue weighted by Gasteiger charge is 2.08. The standard InChI is InChI=1S/C13H16N2O4S/c1-2-14-13(17)11-5-3-10(4-6-11)9-20-12(16)7-8-15(18)19/h3-6H,2,7-9H2,1H3,(H,14,17). The van der Waals surface area contributed by atoms with Crippen LogP contribution >= 0.6 is 11.8 Å². The molecule has 108 valence electrons. The highest BCUT2D eigenvalue weighted by Crippen LogP contribution is 2.15. The van der Waals surface area contributed by atoms with Gasteiger partial charge in [-0.05, 0) is 24.6 Å². The van der Waals surface area contributed by atoms with Crippen LogP contribution < -0.4 is 5.32 Å². The zero-order valence-corrected chi connectivity index (χ0v) is 11.9. The summed E-state index contributed by atoms with van der Waals surface area (Å²) < 4.78 is 0. The number of hydrogen-bond donors (Lipinski definition) is 1. The molecule has 1 amide bonds. The van der Waals surface area contributed by atoms with E-state index in [9.17, 15) is 19.7 Å². The minimum absolute atomic E-state index is 0.0609. The van der Waals surface area contributed by atoms with Crippen molar-refractivity contribution in [1.82, 2.24) is 5.32 Å². The van der Waals surface area contributed by atoms with Crippen LogP contribution in [0.4, 0.5) is 0 Å². The maximum absolute atomic E-state index is 11.5. The number of carbonyl (C=O) groups is 2. The normalized spacial score (nSPS) is 10.1. The molecule has 1 aromatic carbocycles. The molecule has 0 unspecified atom stereocenters. The molecule has 7 heteroatoms. The fourth-order valence-electron chi connectivity index (χ4n) is 1.43. The number of thioether (sulfide) groups is 1. The third-order valence-corrected chi connectivity index (χ3v) is 3.46. The summed E-state index contributed by atoms with van der Waals surface area (Å²) in [5.41, 5.74) is 1.47. The van der Waals surface area contributed by atoms with Crippen LogP contribution in [0.2, 0.25) is 0 Å². The second-order valence-electron chi connectivity index (χ2n) is 4.02. The SMILES string of the molecule is CCNC(=O)c1ccc(CSC(=O)CC[N+](=O)[O-])cc1. The zero-order chi connectivity index (χ0) is 15.0. The molecule has 20 heavy (non-hydrogen) atoms. The Labute approximate surface area is 121 Å². The maximum Gasteiger partial charge on any atom is 0.251 e. The van der Waals surface area contributed by atoms with E-state index in [0.29, 0.717) is 17.9 Å². The van der Waals surface area contributed by atoms with Crippen molar-refractivity contribution in [2.24, 2.45) is 0 Å². The van der Waals surface area contributed by atoms with Gasteiger partial charge in [0.2, 0.25) is 6.54 Å². The second-order valence-corrected chi connectivity index (χ2v) is 5.06. The van der Waals surface area contributed by atoms with E-state index in [4.69, 9.17) is 0 Å². The fraction of sp³-hybridized carbons (Fsp3) is 0.385. The zero-order valence-electron chi connectivity index (χ0n) is 11.1. The lowest BCUT2D eigenvalue weighted by atomic mass is 10.1. The summed E-state index contributed by atoms with van der Waals surface area (Å²) >= 11 is 1.05. The Morgan fingerprint density at radius 3 is 2.50 bits per heavy atom. The van der Waals surface area contributed by atoms with E-state index in [-0.39, 0.29) is 24.0 Å². The van der Waals surface area contributed by atoms with Gasteiger partial charge in [0.25, 0.3) is 5.91 Å². The molecule has 0 fully saturated rings. The summed E-state index contributed by atoms with van der Waals surface area (Å²) in [4.78, 5) is 32.6. The van der Waals surface area contributed by atoms with Crippen LogP contribution in [0.25, 0.3) is 0 Å². The van der Waals surface area contributed by atoms with Crippen LogP contribution in [0.1, 0.15) is 29.3 Å². The Morgan fingerprint density at radius 1 is 1.30 bits per heavy atom. The predicted octanol–water partition coefficient (Wildman–Crippen LogP) is 1.86. The molecule has 0 atom stereocenters. The summed E-state index contributed by atoms with van der Waals surface area (Å²) in [7, 11) is 0. The molecule has 0 aromatic heterocycles. The molecule has 0 aliphatic heterocycles. The van der Waals surface area contributed by atoms with Crippen molar-refractivity contribution < 1.29 is 14.5 Å². The monoisotopic (exact) mass is 296 g/mol. The van der Waals surface area contributed by atoms with Gasteiger partial charge in [0.15, 0.2) is 5.12 Å². The topological polar surface area (TPSA) is 89.3 Å². The molecule has 0 bridgehead atoms. The summed E-state index contributed by atoms with van der Waals surface area (Å²) in [6.07, 6.45) is -0.0609. The molecular weight excluding hydrogens is 280 g/mol. The van der Waals surface area contributed by atoms with Gasteiger partial charge in [0.05, 0.1) is 6.42 Å². The molecule has 1 N–H and O–H groups in total. The first-order chi connectivity index (χ1) is 9.52. The summed E-state index contributed by atoms with van der Waals surface area (Å²) in [5, 5.41) is 12.6. The first kappa shape index (κ1) is 16.2. The summed E-state index contributed by atoms with van der Waals surface area (Å²) in [6, 6.07) is 6.95. The van der Waals surface area contributed by atoms with Crippen LogP contribution in [0, 0.1) is 10.1 Å². The van der Waals surface area contributed by atoms with Crippen molar-refractivity contribution in [3.05, 3.63) is 45.5 Å². The Bertz CT molecular complexity index is 488. The van der Waals surface area contributed by atoms with Gasteiger partial charge in [-0.15, -0.1) is 0 Å². The van der Waals surface area contributed by atoms with Crippen molar-refractivity contribution in [2.75, 3.05) is 13.1 Å². The van der Waals surface area contributed by atoms with Gasteiger partial charge >= 0.3 is 0 Å². The number of nitro groups is 1. The van der Waals surface area contributed by atoms with E-state index >= 15 is 0 Å². The van der Waals surface area contributed by atoms with Crippen LogP contribution in [-0.4, -0.2) is 29.0 Å². The van der Waals surface area contributed by atoms with E-state index in [1.165, 1.54) is 0 Å². The lowest BCUT2D eigenvalue weighted by Gasteiger charge is -2.04. The molecule has 1 aromatic rings. The van der Waals surface area contributed by atoms with Crippen molar-refractivity contribution in [2.45, 2.75) is 19.1 Å². The predicted molar refractivity (Wildman–Crippen MR) is 77.2 cm³/mol. The first-order valence-corrected chi connectivity index (χ1v) is 7.16. The number of amides is 1. The molecule has 0 spiro atoms. The van der Waals surface area contributed by atoms with Gasteiger partial charge in [-0.1, -0.05) is 23.9 Å². The lowest BCUT2D eigenvalue weighted by Crippen LogP contribution is -2.22. The fourth-order valence-corrected chi connectivity index (χ4v) is 2.19. The third kappa shape index (κ3) is 5.83. The molecule has 0 aliphatic rings. The van der Waals surface area contributed by atoms with E-state index in [2.05, 4.69) is 5.32 Å². The number of rotatable bonds is 7. The molecule has 0 heterocycles. The van der Waals surface area contributed by atoms with Gasteiger partial charge in [-0.2, -0.15) is 0 Å². The van der Waals surface area contributed by atoms with E-state index in [1.54, 1.807) is 24.3 Å². The molecule has 0 aliphatic carbocycles. The third-order valence-electron chi connectivity index (χ3n) is 2.45. The van der Waals surface area contributed by atoms with Gasteiger partial charge in [-0.3, -0.25) is 19.7 Å². The maximum atomic E-state index is 11.5. The number of benzene rings is 1. The van der Waals surface area contributed by atoms with Crippen molar-refractivity contribution in [1.29, 1.82) is 0 Å². The molecule has 0 radical (unpaired) electrons. The van der Waals surface area contributed by atoms with E-state index in [0.717, 1.165) is 17.3 Å². The van der Waals surface area contributed by atoms with Crippen LogP contribution in [0.3, 0.4) is 0 Å². The highest BCUT2D eigenvalue weighted by atomic mass is 32.2. The van der Waals surface area contributed by atoms with Crippen molar-refractivity contribution in [3.8, 4) is 0 Å². The van der Waals surface area contributed by atoms with Gasteiger partial charge in [0, 0.05) is 22.8 Å². The molecule has 0 saturated heterocycles. The van der Waals surface area contributed by atoms with Crippen LogP contribution in [-0.2, 0) is 10.5 Å². The summed E-state index contributed by atoms with van der Waals surface area (Å²) in [5.74, 6) is 0.320. The molecule has 6 nitrogen and oxygen atoms in total. The van der Waals surface area contributed by atoms with Crippen molar-refractivity contribution in [3.63, 3.8) is 0 Å². The number of nitrogens with one attached hydrogen (secondary N) is 1. The Morgan fingerprint density at radius 2 is 1.95 bits per heavy atom. The highest BCUT2D eigenvalue weighted by molar-refractivity contribution is 8.12. The van der Waals surface area contributed by atoms with Gasteiger partial charge in [-0.25, -0.2) is 0 Å². The lowest BCUT2D eigenvalue weighted by molar-refractivity contribution is -0.478. The smallest absolute Gasteiger partial charge is 0.251 e. The first-order valence-electron chi connectivity index (χ1n) is 6.17. The average molecular weight is 296 g/mol. The number of hydrogen-bond acceptors (Lipinski definition) is 5.